The fraction of sp³-hybridized carbons (Fsp3) is 0.647. The second-order valence-electron chi connectivity index (χ2n) is 8.26. The van der Waals surface area contributed by atoms with Gasteiger partial charge in [0.2, 0.25) is 0 Å². The number of fused-ring (bicyclic) bond motifs is 1. The van der Waals surface area contributed by atoms with Crippen LogP contribution in [0.4, 0.5) is 10.2 Å². The molecule has 0 radical (unpaired) electrons. The van der Waals surface area contributed by atoms with Gasteiger partial charge in [0.25, 0.3) is 0 Å². The van der Waals surface area contributed by atoms with Gasteiger partial charge in [0.1, 0.15) is 31.2 Å². The number of ether oxygens (including phenoxy) is 1. The average Bonchev–Trinajstić information content (AvgIpc) is 3.14. The highest BCUT2D eigenvalue weighted by molar-refractivity contribution is 6.76. The van der Waals surface area contributed by atoms with Crippen molar-refractivity contribution in [2.24, 2.45) is 0 Å². The molecule has 154 valence electrons. The Labute approximate surface area is 162 Å². The molecule has 3 atom stereocenters. The molecule has 3 rings (SSSR count). The van der Waals surface area contributed by atoms with Crippen LogP contribution < -0.4 is 5.32 Å². The number of carbonyl (C=O) groups is 1. The number of anilines is 1. The molecule has 0 aromatic carbocycles. The summed E-state index contributed by atoms with van der Waals surface area (Å²) in [7, 11) is -1.24. The van der Waals surface area contributed by atoms with Crippen LogP contribution in [0.2, 0.25) is 25.7 Å². The molecule has 3 N–H and O–H groups in total. The molecule has 1 unspecified atom stereocenters. The number of aromatic carboxylic acids is 1. The molecule has 2 aromatic heterocycles. The molecule has 0 saturated heterocycles. The van der Waals surface area contributed by atoms with E-state index in [1.54, 1.807) is 0 Å². The molecular formula is C17H26FN5O4Si. The minimum Gasteiger partial charge on any atom is -0.476 e. The zero-order chi connectivity index (χ0) is 20.5. The monoisotopic (exact) mass is 411 g/mol. The first kappa shape index (κ1) is 20.6. The first-order valence-corrected chi connectivity index (χ1v) is 13.0. The largest absolute Gasteiger partial charge is 0.476 e. The van der Waals surface area contributed by atoms with Crippen LogP contribution in [0.15, 0.2) is 6.33 Å². The minimum atomic E-state index is -1.31. The highest BCUT2D eigenvalue weighted by Gasteiger charge is 2.35. The SMILES string of the molecule is C[Si](C)(C)CCOCn1nc(C(=O)O)c2c(NC3CC[C@H](F)[C@H]3O)ncnc21. The summed E-state index contributed by atoms with van der Waals surface area (Å²) in [5.74, 6) is -1.01. The zero-order valence-electron chi connectivity index (χ0n) is 16.2. The number of halogens is 1. The molecule has 28 heavy (non-hydrogen) atoms. The number of hydrogen-bond acceptors (Lipinski definition) is 7. The third kappa shape index (κ3) is 4.47. The second-order valence-corrected chi connectivity index (χ2v) is 13.9. The van der Waals surface area contributed by atoms with Gasteiger partial charge in [0.05, 0.1) is 11.4 Å². The predicted molar refractivity (Wildman–Crippen MR) is 104 cm³/mol. The number of aliphatic hydroxyl groups excluding tert-OH is 1. The number of alkyl halides is 1. The quantitative estimate of drug-likeness (QED) is 0.446. The molecular weight excluding hydrogens is 385 g/mol. The van der Waals surface area contributed by atoms with Gasteiger partial charge in [-0.25, -0.2) is 23.8 Å². The fourth-order valence-corrected chi connectivity index (χ4v) is 3.91. The summed E-state index contributed by atoms with van der Waals surface area (Å²) in [5.41, 5.74) is 0.100. The normalized spacial score (nSPS) is 22.7. The number of carboxylic acids is 1. The van der Waals surface area contributed by atoms with Crippen molar-refractivity contribution >= 4 is 30.9 Å². The van der Waals surface area contributed by atoms with E-state index >= 15 is 0 Å². The number of aromatic nitrogens is 4. The van der Waals surface area contributed by atoms with E-state index in [1.165, 1.54) is 11.0 Å². The first-order valence-electron chi connectivity index (χ1n) is 9.28. The van der Waals surface area contributed by atoms with Crippen LogP contribution in [0.3, 0.4) is 0 Å². The summed E-state index contributed by atoms with van der Waals surface area (Å²) in [6.45, 7) is 7.36. The van der Waals surface area contributed by atoms with Gasteiger partial charge in [-0.2, -0.15) is 5.10 Å². The molecule has 9 nitrogen and oxygen atoms in total. The van der Waals surface area contributed by atoms with E-state index in [0.29, 0.717) is 18.7 Å². The second kappa shape index (κ2) is 8.09. The van der Waals surface area contributed by atoms with Crippen molar-refractivity contribution in [3.05, 3.63) is 12.0 Å². The number of nitrogens with one attached hydrogen (secondary N) is 1. The molecule has 2 heterocycles. The zero-order valence-corrected chi connectivity index (χ0v) is 17.2. The van der Waals surface area contributed by atoms with Crippen molar-refractivity contribution < 1.29 is 24.1 Å². The van der Waals surface area contributed by atoms with Crippen LogP contribution in [-0.2, 0) is 11.5 Å². The minimum absolute atomic E-state index is 0.0727. The van der Waals surface area contributed by atoms with E-state index < -0.39 is 32.4 Å². The lowest BCUT2D eigenvalue weighted by molar-refractivity contribution is 0.0676. The fourth-order valence-electron chi connectivity index (χ4n) is 3.15. The molecule has 1 aliphatic carbocycles. The van der Waals surface area contributed by atoms with Crippen LogP contribution in [0, 0.1) is 0 Å². The van der Waals surface area contributed by atoms with Crippen molar-refractivity contribution in [2.45, 2.75) is 63.6 Å². The predicted octanol–water partition coefficient (Wildman–Crippen LogP) is 2.11. The van der Waals surface area contributed by atoms with Crippen molar-refractivity contribution in [2.75, 3.05) is 11.9 Å². The molecule has 0 aliphatic heterocycles. The number of rotatable bonds is 8. The lowest BCUT2D eigenvalue weighted by Crippen LogP contribution is -2.33. The maximum Gasteiger partial charge on any atom is 0.357 e. The van der Waals surface area contributed by atoms with Gasteiger partial charge in [-0.1, -0.05) is 19.6 Å². The molecule has 11 heteroatoms. The van der Waals surface area contributed by atoms with Gasteiger partial charge in [0, 0.05) is 14.7 Å². The van der Waals surface area contributed by atoms with Crippen LogP contribution in [0.1, 0.15) is 23.3 Å². The Bertz CT molecular complexity index is 856. The van der Waals surface area contributed by atoms with Crippen LogP contribution in [0.25, 0.3) is 11.0 Å². The van der Waals surface area contributed by atoms with Crippen molar-refractivity contribution in [1.29, 1.82) is 0 Å². The van der Waals surface area contributed by atoms with Gasteiger partial charge in [-0.3, -0.25) is 0 Å². The standard InChI is InChI=1S/C17H26FN5O4Si/c1-28(2,3)7-6-27-9-23-16-12(13(22-23)17(25)26)15(19-8-20-16)21-11-5-4-10(18)14(11)24/h8,10-11,14,24H,4-7,9H2,1-3H3,(H,25,26)(H,19,20,21)/t10-,11?,14+/m0/s1. The summed E-state index contributed by atoms with van der Waals surface area (Å²) in [6, 6.07) is 0.426. The summed E-state index contributed by atoms with van der Waals surface area (Å²) in [4.78, 5) is 20.0. The Morgan fingerprint density at radius 1 is 1.39 bits per heavy atom. The smallest absolute Gasteiger partial charge is 0.357 e. The van der Waals surface area contributed by atoms with E-state index in [4.69, 9.17) is 4.74 Å². The van der Waals surface area contributed by atoms with Crippen LogP contribution in [-0.4, -0.2) is 68.9 Å². The van der Waals surface area contributed by atoms with E-state index in [2.05, 4.69) is 40.0 Å². The van der Waals surface area contributed by atoms with Gasteiger partial charge in [0.15, 0.2) is 11.3 Å². The number of aliphatic hydroxyl groups is 1. The van der Waals surface area contributed by atoms with Crippen molar-refractivity contribution in [1.82, 2.24) is 19.7 Å². The van der Waals surface area contributed by atoms with Gasteiger partial charge >= 0.3 is 5.97 Å². The molecule has 1 aliphatic rings. The van der Waals surface area contributed by atoms with Crippen LogP contribution in [0.5, 0.6) is 0 Å². The lowest BCUT2D eigenvalue weighted by Gasteiger charge is -2.18. The molecule has 0 spiro atoms. The summed E-state index contributed by atoms with van der Waals surface area (Å²) < 4.78 is 20.7. The maximum atomic E-state index is 13.6. The van der Waals surface area contributed by atoms with E-state index in [1.807, 2.05) is 0 Å². The Morgan fingerprint density at radius 2 is 2.14 bits per heavy atom. The van der Waals surface area contributed by atoms with Gasteiger partial charge < -0.3 is 20.3 Å². The molecule has 2 aromatic rings. The van der Waals surface area contributed by atoms with Crippen LogP contribution >= 0.6 is 0 Å². The highest BCUT2D eigenvalue weighted by atomic mass is 28.3. The molecule has 0 bridgehead atoms. The molecule has 0 amide bonds. The highest BCUT2D eigenvalue weighted by Crippen LogP contribution is 2.29. The van der Waals surface area contributed by atoms with E-state index in [-0.39, 0.29) is 30.0 Å². The van der Waals surface area contributed by atoms with Crippen molar-refractivity contribution in [3.63, 3.8) is 0 Å². The lowest BCUT2D eigenvalue weighted by atomic mass is 10.2. The maximum absolute atomic E-state index is 13.6. The summed E-state index contributed by atoms with van der Waals surface area (Å²) in [6.07, 6.45) is -0.535. The third-order valence-corrected chi connectivity index (χ3v) is 6.50. The topological polar surface area (TPSA) is 122 Å². The van der Waals surface area contributed by atoms with E-state index in [0.717, 1.165) is 6.04 Å². The molecule has 1 saturated carbocycles. The first-order chi connectivity index (χ1) is 13.2. The summed E-state index contributed by atoms with van der Waals surface area (Å²) >= 11 is 0. The summed E-state index contributed by atoms with van der Waals surface area (Å²) in [5, 5.41) is 26.8. The Balaban J connectivity index is 1.85. The number of carboxylic acid groups (broad SMARTS) is 1. The van der Waals surface area contributed by atoms with E-state index in [9.17, 15) is 19.4 Å². The number of hydrogen-bond donors (Lipinski definition) is 3. The Hall–Kier alpha value is -2.11. The third-order valence-electron chi connectivity index (χ3n) is 4.80. The Kier molecular flexibility index (Phi) is 5.96. The number of nitrogens with zero attached hydrogens (tertiary/aromatic N) is 4. The van der Waals surface area contributed by atoms with Crippen molar-refractivity contribution in [3.8, 4) is 0 Å². The van der Waals surface area contributed by atoms with Gasteiger partial charge in [-0.15, -0.1) is 0 Å². The average molecular weight is 412 g/mol. The molecule has 1 fully saturated rings. The Morgan fingerprint density at radius 3 is 2.75 bits per heavy atom. The van der Waals surface area contributed by atoms with Gasteiger partial charge in [-0.05, 0) is 18.9 Å².